The minimum absolute atomic E-state index is 0.0960. The fourth-order valence-electron chi connectivity index (χ4n) is 3.76. The van der Waals surface area contributed by atoms with Gasteiger partial charge in [0.05, 0.1) is 54.9 Å². The first-order valence-corrected chi connectivity index (χ1v) is 10.5. The van der Waals surface area contributed by atoms with Crippen molar-refractivity contribution >= 4 is 56.9 Å². The third kappa shape index (κ3) is 3.15. The summed E-state index contributed by atoms with van der Waals surface area (Å²) in [6, 6.07) is 7.96. The lowest BCUT2D eigenvalue weighted by Crippen LogP contribution is -3.12. The van der Waals surface area contributed by atoms with E-state index in [4.69, 9.17) is 12.2 Å². The number of anilines is 1. The van der Waals surface area contributed by atoms with Gasteiger partial charge in [-0.3, -0.25) is 14.5 Å². The van der Waals surface area contributed by atoms with Gasteiger partial charge in [0.15, 0.2) is 0 Å². The molecule has 4 rings (SSSR count). The highest BCUT2D eigenvalue weighted by Gasteiger charge is 2.30. The number of para-hydroxylation sites is 1. The van der Waals surface area contributed by atoms with E-state index in [0.717, 1.165) is 42.8 Å². The molecule has 28 heavy (non-hydrogen) atoms. The van der Waals surface area contributed by atoms with Crippen LogP contribution in [0.2, 0.25) is 0 Å². The summed E-state index contributed by atoms with van der Waals surface area (Å²) in [7, 11) is 5.64. The van der Waals surface area contributed by atoms with E-state index in [1.54, 1.807) is 24.7 Å². The fourth-order valence-corrected chi connectivity index (χ4v) is 4.92. The van der Waals surface area contributed by atoms with Crippen molar-refractivity contribution in [3.63, 3.8) is 0 Å². The Bertz CT molecular complexity index is 1070. The average Bonchev–Trinajstić information content (AvgIpc) is 2.94. The van der Waals surface area contributed by atoms with Crippen LogP contribution in [0.1, 0.15) is 5.56 Å². The van der Waals surface area contributed by atoms with E-state index in [2.05, 4.69) is 18.0 Å². The maximum Gasteiger partial charge on any atom is 0.265 e. The predicted octanol–water partition coefficient (Wildman–Crippen LogP) is 0.704. The molecule has 0 spiro atoms. The number of fused-ring (bicyclic) bond motifs is 1. The molecule has 8 heteroatoms. The molecule has 6 nitrogen and oxygen atoms in total. The number of hydrogen-bond acceptors (Lipinski definition) is 5. The molecule has 2 aromatic rings. The van der Waals surface area contributed by atoms with E-state index < -0.39 is 0 Å². The number of rotatable bonds is 2. The topological polar surface area (TPSA) is 50.0 Å². The number of hydrogen-bond donors (Lipinski definition) is 1. The SMILES string of the molecule is CN1C(=O)/C(=C/c2c(N3CC[NH+](C)CC3)c3ccccc3n(C)c2=O)SC1=S. The van der Waals surface area contributed by atoms with Crippen LogP contribution >= 0.6 is 24.0 Å². The quantitative estimate of drug-likeness (QED) is 0.578. The van der Waals surface area contributed by atoms with Gasteiger partial charge in [0.1, 0.15) is 4.32 Å². The number of carbonyl (C=O) groups excluding carboxylic acids is 1. The molecule has 2 aliphatic rings. The van der Waals surface area contributed by atoms with Crippen molar-refractivity contribution in [2.75, 3.05) is 45.2 Å². The van der Waals surface area contributed by atoms with Crippen LogP contribution < -0.4 is 15.4 Å². The van der Waals surface area contributed by atoms with Crippen LogP contribution in [0.3, 0.4) is 0 Å². The predicted molar refractivity (Wildman–Crippen MR) is 119 cm³/mol. The molecule has 146 valence electrons. The monoisotopic (exact) mass is 415 g/mol. The lowest BCUT2D eigenvalue weighted by Gasteiger charge is -2.33. The summed E-state index contributed by atoms with van der Waals surface area (Å²) in [4.78, 5) is 31.5. The van der Waals surface area contributed by atoms with Crippen molar-refractivity contribution in [2.45, 2.75) is 0 Å². The smallest absolute Gasteiger partial charge is 0.265 e. The molecule has 0 bridgehead atoms. The molecule has 0 radical (unpaired) electrons. The highest BCUT2D eigenvalue weighted by Crippen LogP contribution is 2.35. The van der Waals surface area contributed by atoms with Gasteiger partial charge in [-0.2, -0.15) is 0 Å². The normalized spacial score (nSPS) is 20.0. The van der Waals surface area contributed by atoms with Gasteiger partial charge >= 0.3 is 0 Å². The molecule has 0 atom stereocenters. The lowest BCUT2D eigenvalue weighted by molar-refractivity contribution is -0.880. The molecule has 1 amide bonds. The summed E-state index contributed by atoms with van der Waals surface area (Å²) in [6.45, 7) is 3.78. The summed E-state index contributed by atoms with van der Waals surface area (Å²) in [5.74, 6) is -0.154. The second-order valence-corrected chi connectivity index (χ2v) is 9.00. The standard InChI is InChI=1S/C20H22N4O2S2/c1-21-8-10-24(11-9-21)17-13-6-4-5-7-15(13)22(2)18(25)14(17)12-16-19(26)23(3)20(27)28-16/h4-7,12H,8-11H2,1-3H3/p+1/b16-12-. The Morgan fingerprint density at radius 1 is 1.14 bits per heavy atom. The number of likely N-dealkylation sites (N-methyl/N-ethyl adjacent to an activating group) is 2. The average molecular weight is 416 g/mol. The minimum Gasteiger partial charge on any atom is -0.359 e. The van der Waals surface area contributed by atoms with Crippen LogP contribution in [-0.4, -0.2) is 60.0 Å². The van der Waals surface area contributed by atoms with E-state index in [-0.39, 0.29) is 11.5 Å². The third-order valence-corrected chi connectivity index (χ3v) is 6.99. The number of thioether (sulfide) groups is 1. The zero-order valence-corrected chi connectivity index (χ0v) is 17.8. The molecule has 2 aliphatic heterocycles. The molecule has 0 aliphatic carbocycles. The molecular weight excluding hydrogens is 392 g/mol. The van der Waals surface area contributed by atoms with Gasteiger partial charge in [-0.15, -0.1) is 0 Å². The van der Waals surface area contributed by atoms with E-state index >= 15 is 0 Å². The van der Waals surface area contributed by atoms with Crippen LogP contribution in [-0.2, 0) is 11.8 Å². The summed E-state index contributed by atoms with van der Waals surface area (Å²) < 4.78 is 2.18. The number of pyridine rings is 1. The van der Waals surface area contributed by atoms with Crippen molar-refractivity contribution in [1.29, 1.82) is 0 Å². The number of benzene rings is 1. The van der Waals surface area contributed by atoms with Crippen molar-refractivity contribution in [3.05, 3.63) is 45.1 Å². The lowest BCUT2D eigenvalue weighted by atomic mass is 10.1. The number of aromatic nitrogens is 1. The highest BCUT2D eigenvalue weighted by atomic mass is 32.2. The van der Waals surface area contributed by atoms with Crippen LogP contribution in [0.15, 0.2) is 34.0 Å². The molecule has 1 aromatic carbocycles. The van der Waals surface area contributed by atoms with Crippen molar-refractivity contribution in [2.24, 2.45) is 7.05 Å². The maximum atomic E-state index is 13.3. The molecule has 1 N–H and O–H groups in total. The Morgan fingerprint density at radius 3 is 2.46 bits per heavy atom. The van der Waals surface area contributed by atoms with Crippen LogP contribution in [0.25, 0.3) is 17.0 Å². The summed E-state index contributed by atoms with van der Waals surface area (Å²) in [5, 5.41) is 1.03. The summed E-state index contributed by atoms with van der Waals surface area (Å²) in [6.07, 6.45) is 1.73. The molecule has 3 heterocycles. The van der Waals surface area contributed by atoms with E-state index in [0.29, 0.717) is 14.8 Å². The number of nitrogens with zero attached hydrogens (tertiary/aromatic N) is 3. The van der Waals surface area contributed by atoms with Gasteiger partial charge in [-0.1, -0.05) is 42.2 Å². The summed E-state index contributed by atoms with van der Waals surface area (Å²) in [5.41, 5.74) is 2.29. The zero-order valence-electron chi connectivity index (χ0n) is 16.2. The minimum atomic E-state index is -0.154. The highest BCUT2D eigenvalue weighted by molar-refractivity contribution is 8.26. The number of nitrogens with one attached hydrogen (secondary N) is 1. The van der Waals surface area contributed by atoms with Crippen LogP contribution in [0.5, 0.6) is 0 Å². The van der Waals surface area contributed by atoms with Crippen molar-refractivity contribution < 1.29 is 9.69 Å². The van der Waals surface area contributed by atoms with E-state index in [9.17, 15) is 9.59 Å². The van der Waals surface area contributed by atoms with Gasteiger partial charge in [0.2, 0.25) is 0 Å². The van der Waals surface area contributed by atoms with E-state index in [1.807, 2.05) is 18.2 Å². The largest absolute Gasteiger partial charge is 0.359 e. The van der Waals surface area contributed by atoms with Gasteiger partial charge < -0.3 is 14.4 Å². The van der Waals surface area contributed by atoms with Gasteiger partial charge in [0, 0.05) is 19.5 Å². The second-order valence-electron chi connectivity index (χ2n) is 7.33. The molecule has 1 aromatic heterocycles. The molecule has 0 unspecified atom stereocenters. The fraction of sp³-hybridized carbons (Fsp3) is 0.350. The molecule has 2 fully saturated rings. The van der Waals surface area contributed by atoms with Crippen molar-refractivity contribution in [3.8, 4) is 0 Å². The first kappa shape index (κ1) is 19.2. The molecular formula is C20H23N4O2S2+. The number of aryl methyl sites for hydroxylation is 1. The van der Waals surface area contributed by atoms with Crippen LogP contribution in [0.4, 0.5) is 5.69 Å². The molecule has 0 saturated carbocycles. The second kappa shape index (κ2) is 7.35. The van der Waals surface area contributed by atoms with Gasteiger partial charge in [0.25, 0.3) is 11.5 Å². The number of thiocarbonyl (C=S) groups is 1. The number of piperazine rings is 1. The van der Waals surface area contributed by atoms with Crippen molar-refractivity contribution in [1.82, 2.24) is 9.47 Å². The third-order valence-electron chi connectivity index (χ3n) is 5.51. The van der Waals surface area contributed by atoms with Crippen LogP contribution in [0, 0.1) is 0 Å². The maximum absolute atomic E-state index is 13.3. The number of carbonyl (C=O) groups is 1. The Morgan fingerprint density at radius 2 is 1.82 bits per heavy atom. The van der Waals surface area contributed by atoms with E-state index in [1.165, 1.54) is 21.6 Å². The first-order valence-electron chi connectivity index (χ1n) is 9.28. The number of quaternary nitrogens is 1. The molecule has 2 saturated heterocycles. The Balaban J connectivity index is 1.96. The number of amides is 1. The Kier molecular flexibility index (Phi) is 5.03. The first-order chi connectivity index (χ1) is 13.4. The van der Waals surface area contributed by atoms with Gasteiger partial charge in [-0.05, 0) is 12.1 Å². The summed E-state index contributed by atoms with van der Waals surface area (Å²) >= 11 is 6.50. The Hall–Kier alpha value is -2.16. The Labute approximate surface area is 173 Å². The van der Waals surface area contributed by atoms with Gasteiger partial charge in [-0.25, -0.2) is 0 Å². The zero-order chi connectivity index (χ0) is 20.0.